The lowest BCUT2D eigenvalue weighted by atomic mass is 10.1. The van der Waals surface area contributed by atoms with Crippen LogP contribution in [0.15, 0.2) is 48.5 Å². The molecule has 1 atom stereocenters. The predicted octanol–water partition coefficient (Wildman–Crippen LogP) is 2.69. The van der Waals surface area contributed by atoms with Crippen LogP contribution in [0, 0.1) is 11.7 Å². The fourth-order valence-corrected chi connectivity index (χ4v) is 3.22. The van der Waals surface area contributed by atoms with E-state index in [1.54, 1.807) is 29.2 Å². The Bertz CT molecular complexity index is 904. The third-order valence-corrected chi connectivity index (χ3v) is 4.98. The number of rotatable bonds is 7. The molecule has 1 aliphatic heterocycles. The molecule has 0 unspecified atom stereocenters. The fraction of sp³-hybridized carbons (Fsp3) is 0.286. The van der Waals surface area contributed by atoms with Crippen LogP contribution in [0.3, 0.4) is 0 Å². The van der Waals surface area contributed by atoms with Gasteiger partial charge in [-0.05, 0) is 29.3 Å². The van der Waals surface area contributed by atoms with E-state index in [0.717, 1.165) is 11.1 Å². The second-order valence-corrected chi connectivity index (χ2v) is 7.18. The zero-order valence-corrected chi connectivity index (χ0v) is 16.3. The van der Waals surface area contributed by atoms with Crippen LogP contribution in [0.2, 0.25) is 5.02 Å². The Hall–Kier alpha value is -2.93. The molecule has 0 aliphatic carbocycles. The number of likely N-dealkylation sites (tertiary alicyclic amines) is 1. The van der Waals surface area contributed by atoms with Crippen LogP contribution >= 0.6 is 11.6 Å². The molecule has 3 rings (SSSR count). The number of benzene rings is 2. The van der Waals surface area contributed by atoms with Gasteiger partial charge in [-0.3, -0.25) is 14.4 Å². The van der Waals surface area contributed by atoms with Crippen molar-refractivity contribution in [2.75, 3.05) is 13.2 Å². The Labute approximate surface area is 172 Å². The van der Waals surface area contributed by atoms with Crippen LogP contribution in [0.25, 0.3) is 0 Å². The minimum absolute atomic E-state index is 0.0421. The van der Waals surface area contributed by atoms with E-state index in [4.69, 9.17) is 16.3 Å². The number of nitrogens with one attached hydrogen (secondary N) is 1. The first-order valence-electron chi connectivity index (χ1n) is 9.11. The van der Waals surface area contributed by atoms with Gasteiger partial charge in [0.2, 0.25) is 5.91 Å². The monoisotopic (exact) mass is 418 g/mol. The molecule has 2 amide bonds. The van der Waals surface area contributed by atoms with Gasteiger partial charge in [0.1, 0.15) is 5.82 Å². The molecule has 1 heterocycles. The third-order valence-electron chi connectivity index (χ3n) is 4.62. The number of carbonyl (C=O) groups excluding carboxylic acids is 3. The first-order chi connectivity index (χ1) is 13.9. The highest BCUT2D eigenvalue weighted by molar-refractivity contribution is 6.31. The normalized spacial score (nSPS) is 16.0. The molecule has 1 N–H and O–H groups in total. The van der Waals surface area contributed by atoms with Crippen LogP contribution < -0.4 is 5.32 Å². The van der Waals surface area contributed by atoms with E-state index in [1.165, 1.54) is 12.1 Å². The lowest BCUT2D eigenvalue weighted by Gasteiger charge is -2.17. The molecule has 2 aromatic rings. The summed E-state index contributed by atoms with van der Waals surface area (Å²) in [5.74, 6) is -2.19. The van der Waals surface area contributed by atoms with Crippen molar-refractivity contribution >= 4 is 29.4 Å². The van der Waals surface area contributed by atoms with E-state index in [1.807, 2.05) is 12.1 Å². The number of nitrogens with zero attached hydrogens (tertiary/aromatic N) is 1. The molecule has 152 valence electrons. The molecule has 0 spiro atoms. The second kappa shape index (κ2) is 9.52. The maximum atomic E-state index is 12.9. The summed E-state index contributed by atoms with van der Waals surface area (Å²) in [5, 5.41) is 3.15. The molecule has 0 saturated carbocycles. The van der Waals surface area contributed by atoms with E-state index >= 15 is 0 Å². The zero-order valence-electron chi connectivity index (χ0n) is 15.6. The van der Waals surface area contributed by atoms with Crippen molar-refractivity contribution in [1.82, 2.24) is 10.2 Å². The van der Waals surface area contributed by atoms with Crippen molar-refractivity contribution in [3.63, 3.8) is 0 Å². The molecule has 1 aliphatic rings. The molecular weight excluding hydrogens is 399 g/mol. The Morgan fingerprint density at radius 3 is 2.62 bits per heavy atom. The van der Waals surface area contributed by atoms with E-state index in [0.29, 0.717) is 11.6 Å². The molecule has 1 saturated heterocycles. The van der Waals surface area contributed by atoms with E-state index in [-0.39, 0.29) is 31.2 Å². The van der Waals surface area contributed by atoms with Gasteiger partial charge in [-0.15, -0.1) is 0 Å². The van der Waals surface area contributed by atoms with E-state index in [2.05, 4.69) is 5.32 Å². The van der Waals surface area contributed by atoms with Crippen molar-refractivity contribution in [2.45, 2.75) is 19.5 Å². The van der Waals surface area contributed by atoms with Crippen molar-refractivity contribution in [2.24, 2.45) is 5.92 Å². The summed E-state index contributed by atoms with van der Waals surface area (Å²) in [7, 11) is 0. The molecule has 0 bridgehead atoms. The van der Waals surface area contributed by atoms with Gasteiger partial charge in [-0.2, -0.15) is 0 Å². The van der Waals surface area contributed by atoms with Crippen molar-refractivity contribution in [3.8, 4) is 0 Å². The number of esters is 1. The van der Waals surface area contributed by atoms with Crippen LogP contribution in [0.4, 0.5) is 4.39 Å². The van der Waals surface area contributed by atoms with Gasteiger partial charge in [0.15, 0.2) is 6.61 Å². The number of hydrogen-bond donors (Lipinski definition) is 1. The SMILES string of the molecule is O=C(COC(=O)[C@@H]1CC(=O)N(Cc2ccccc2Cl)C1)NCc1ccc(F)cc1. The summed E-state index contributed by atoms with van der Waals surface area (Å²) in [6.07, 6.45) is 0.0421. The van der Waals surface area contributed by atoms with Gasteiger partial charge >= 0.3 is 5.97 Å². The van der Waals surface area contributed by atoms with Crippen LogP contribution in [-0.2, 0) is 32.2 Å². The van der Waals surface area contributed by atoms with Gasteiger partial charge in [0, 0.05) is 31.1 Å². The molecule has 2 aromatic carbocycles. The largest absolute Gasteiger partial charge is 0.455 e. The summed E-state index contributed by atoms with van der Waals surface area (Å²) in [5.41, 5.74) is 1.53. The summed E-state index contributed by atoms with van der Waals surface area (Å²) in [4.78, 5) is 37.8. The van der Waals surface area contributed by atoms with Gasteiger partial charge in [0.05, 0.1) is 5.92 Å². The van der Waals surface area contributed by atoms with Crippen molar-refractivity contribution < 1.29 is 23.5 Å². The van der Waals surface area contributed by atoms with Crippen molar-refractivity contribution in [3.05, 3.63) is 70.5 Å². The Balaban J connectivity index is 1.43. The number of carbonyl (C=O) groups is 3. The van der Waals surface area contributed by atoms with Crippen LogP contribution in [-0.4, -0.2) is 35.8 Å². The topological polar surface area (TPSA) is 75.7 Å². The Morgan fingerprint density at radius 1 is 1.17 bits per heavy atom. The molecule has 0 aromatic heterocycles. The standard InChI is InChI=1S/C21H20ClFN2O4/c22-18-4-2-1-3-15(18)11-25-12-16(9-20(25)27)21(28)29-13-19(26)24-10-14-5-7-17(23)8-6-14/h1-8,16H,9-13H2,(H,24,26)/t16-/m1/s1. The molecule has 8 heteroatoms. The third kappa shape index (κ3) is 5.77. The zero-order chi connectivity index (χ0) is 20.8. The quantitative estimate of drug-likeness (QED) is 0.701. The molecule has 29 heavy (non-hydrogen) atoms. The minimum Gasteiger partial charge on any atom is -0.455 e. The first-order valence-corrected chi connectivity index (χ1v) is 9.49. The summed E-state index contributed by atoms with van der Waals surface area (Å²) in [6, 6.07) is 12.9. The summed E-state index contributed by atoms with van der Waals surface area (Å²) >= 11 is 6.12. The lowest BCUT2D eigenvalue weighted by Crippen LogP contribution is -2.31. The maximum Gasteiger partial charge on any atom is 0.311 e. The number of amides is 2. The lowest BCUT2D eigenvalue weighted by molar-refractivity contribution is -0.152. The number of ether oxygens (including phenoxy) is 1. The highest BCUT2D eigenvalue weighted by Gasteiger charge is 2.35. The molecule has 0 radical (unpaired) electrons. The Morgan fingerprint density at radius 2 is 1.90 bits per heavy atom. The number of hydrogen-bond acceptors (Lipinski definition) is 4. The van der Waals surface area contributed by atoms with Gasteiger partial charge in [-0.25, -0.2) is 4.39 Å². The maximum absolute atomic E-state index is 12.9. The highest BCUT2D eigenvalue weighted by Crippen LogP contribution is 2.24. The summed E-state index contributed by atoms with van der Waals surface area (Å²) < 4.78 is 17.9. The summed E-state index contributed by atoms with van der Waals surface area (Å²) in [6.45, 7) is 0.306. The number of halogens is 2. The average molecular weight is 419 g/mol. The van der Waals surface area contributed by atoms with Crippen LogP contribution in [0.5, 0.6) is 0 Å². The van der Waals surface area contributed by atoms with Gasteiger partial charge < -0.3 is 15.0 Å². The smallest absolute Gasteiger partial charge is 0.311 e. The highest BCUT2D eigenvalue weighted by atomic mass is 35.5. The van der Waals surface area contributed by atoms with E-state index in [9.17, 15) is 18.8 Å². The molecule has 6 nitrogen and oxygen atoms in total. The minimum atomic E-state index is -0.616. The first kappa shape index (κ1) is 20.8. The Kier molecular flexibility index (Phi) is 6.82. The predicted molar refractivity (Wildman–Crippen MR) is 104 cm³/mol. The second-order valence-electron chi connectivity index (χ2n) is 6.78. The molecular formula is C21H20ClFN2O4. The van der Waals surface area contributed by atoms with Gasteiger partial charge in [-0.1, -0.05) is 41.9 Å². The van der Waals surface area contributed by atoms with Gasteiger partial charge in [0.25, 0.3) is 5.91 Å². The van der Waals surface area contributed by atoms with Crippen LogP contribution in [0.1, 0.15) is 17.5 Å². The fourth-order valence-electron chi connectivity index (χ4n) is 3.02. The van der Waals surface area contributed by atoms with E-state index < -0.39 is 24.4 Å². The molecule has 1 fully saturated rings. The average Bonchev–Trinajstić information content (AvgIpc) is 3.08. The van der Waals surface area contributed by atoms with Crippen molar-refractivity contribution in [1.29, 1.82) is 0 Å².